The molecule has 0 bridgehead atoms. The van der Waals surface area contributed by atoms with Crippen molar-refractivity contribution < 1.29 is 14.3 Å². The molecule has 1 aromatic heterocycles. The third-order valence-electron chi connectivity index (χ3n) is 4.50. The minimum Gasteiger partial charge on any atom is -0.452 e. The molecule has 7 nitrogen and oxygen atoms in total. The van der Waals surface area contributed by atoms with Crippen LogP contribution in [0.5, 0.6) is 0 Å². The minimum absolute atomic E-state index is 0.0992. The number of ether oxygens (including phenoxy) is 1. The molecule has 7 heteroatoms. The summed E-state index contributed by atoms with van der Waals surface area (Å²) in [5, 5.41) is 11.0. The fraction of sp³-hybridized carbons (Fsp3) is 0.333. The summed E-state index contributed by atoms with van der Waals surface area (Å²) >= 11 is 0. The molecule has 1 heterocycles. The van der Waals surface area contributed by atoms with Gasteiger partial charge in [0.2, 0.25) is 0 Å². The van der Waals surface area contributed by atoms with Crippen molar-refractivity contribution in [2.45, 2.75) is 39.3 Å². The average molecular weight is 380 g/mol. The summed E-state index contributed by atoms with van der Waals surface area (Å²) in [6.45, 7) is 4.40. The number of rotatable bonds is 8. The van der Waals surface area contributed by atoms with Crippen LogP contribution in [0.15, 0.2) is 48.5 Å². The Labute approximate surface area is 163 Å². The number of nitrogens with zero attached hydrogens (tertiary/aromatic N) is 3. The van der Waals surface area contributed by atoms with Gasteiger partial charge in [0.25, 0.3) is 5.91 Å². The van der Waals surface area contributed by atoms with Crippen LogP contribution in [0.4, 0.5) is 0 Å². The number of hydrogen-bond acceptors (Lipinski definition) is 5. The van der Waals surface area contributed by atoms with Crippen LogP contribution in [0, 0.1) is 0 Å². The lowest BCUT2D eigenvalue weighted by Gasteiger charge is -2.18. The molecule has 0 aliphatic rings. The molecule has 1 amide bonds. The fourth-order valence-corrected chi connectivity index (χ4v) is 3.08. The van der Waals surface area contributed by atoms with Crippen LogP contribution >= 0.6 is 0 Å². The number of benzene rings is 2. The second kappa shape index (κ2) is 9.12. The smallest absolute Gasteiger partial charge is 0.338 e. The lowest BCUT2D eigenvalue weighted by molar-refractivity contribution is -0.125. The van der Waals surface area contributed by atoms with Gasteiger partial charge in [-0.2, -0.15) is 0 Å². The third kappa shape index (κ3) is 4.54. The van der Waals surface area contributed by atoms with Crippen LogP contribution in [-0.2, 0) is 16.1 Å². The molecule has 0 radical (unpaired) electrons. The average Bonchev–Trinajstić information content (AvgIpc) is 3.14. The zero-order valence-corrected chi connectivity index (χ0v) is 16.1. The van der Waals surface area contributed by atoms with E-state index in [0.29, 0.717) is 17.6 Å². The van der Waals surface area contributed by atoms with E-state index in [2.05, 4.69) is 22.6 Å². The van der Waals surface area contributed by atoms with Crippen LogP contribution < -0.4 is 5.32 Å². The Morgan fingerprint density at radius 3 is 2.64 bits per heavy atom. The van der Waals surface area contributed by atoms with Gasteiger partial charge < -0.3 is 10.1 Å². The van der Waals surface area contributed by atoms with Gasteiger partial charge in [0.05, 0.1) is 17.1 Å². The van der Waals surface area contributed by atoms with E-state index in [0.717, 1.165) is 23.9 Å². The highest BCUT2D eigenvalue weighted by Crippen LogP contribution is 2.18. The van der Waals surface area contributed by atoms with E-state index in [4.69, 9.17) is 4.74 Å². The number of carbonyl (C=O) groups is 2. The molecule has 0 spiro atoms. The number of nitrogens with one attached hydrogen (secondary N) is 1. The third-order valence-corrected chi connectivity index (χ3v) is 4.50. The first kappa shape index (κ1) is 19.5. The van der Waals surface area contributed by atoms with Crippen LogP contribution in [0.2, 0.25) is 0 Å². The van der Waals surface area contributed by atoms with Gasteiger partial charge in [0.1, 0.15) is 5.52 Å². The fourth-order valence-electron chi connectivity index (χ4n) is 3.08. The van der Waals surface area contributed by atoms with E-state index in [9.17, 15) is 9.59 Å². The Morgan fingerprint density at radius 2 is 1.93 bits per heavy atom. The molecule has 0 aliphatic carbocycles. The molecule has 1 atom stereocenters. The Bertz CT molecular complexity index is 953. The number of esters is 1. The highest BCUT2D eigenvalue weighted by atomic mass is 16.5. The monoisotopic (exact) mass is 380 g/mol. The van der Waals surface area contributed by atoms with Crippen molar-refractivity contribution in [1.82, 2.24) is 20.3 Å². The van der Waals surface area contributed by atoms with Gasteiger partial charge in [0.15, 0.2) is 6.61 Å². The molecule has 0 unspecified atom stereocenters. The van der Waals surface area contributed by atoms with Crippen molar-refractivity contribution in [3.63, 3.8) is 0 Å². The number of aromatic nitrogens is 3. The van der Waals surface area contributed by atoms with Gasteiger partial charge in [-0.15, -0.1) is 5.10 Å². The standard InChI is InChI=1S/C21H24N4O3/c1-3-8-17(15-9-6-5-7-10-15)22-20(26)14-28-21(27)16-11-12-19-18(13-16)23-24-25(19)4-2/h5-7,9-13,17H,3-4,8,14H2,1-2H3,(H,22,26)/t17-/m0/s1. The van der Waals surface area contributed by atoms with Crippen LogP contribution in [0.1, 0.15) is 48.7 Å². The number of amides is 1. The Kier molecular flexibility index (Phi) is 6.37. The molecule has 0 saturated carbocycles. The van der Waals surface area contributed by atoms with Gasteiger partial charge in [-0.3, -0.25) is 4.79 Å². The molecule has 3 aromatic rings. The van der Waals surface area contributed by atoms with Gasteiger partial charge in [-0.05, 0) is 37.1 Å². The SMILES string of the molecule is CCC[C@H](NC(=O)COC(=O)c1ccc2c(c1)nnn2CC)c1ccccc1. The molecule has 0 aliphatic heterocycles. The molecule has 0 fully saturated rings. The first-order valence-electron chi connectivity index (χ1n) is 9.47. The maximum atomic E-state index is 12.3. The largest absolute Gasteiger partial charge is 0.452 e. The van der Waals surface area contributed by atoms with E-state index in [1.165, 1.54) is 0 Å². The summed E-state index contributed by atoms with van der Waals surface area (Å²) < 4.78 is 6.93. The van der Waals surface area contributed by atoms with Crippen molar-refractivity contribution in [2.24, 2.45) is 0 Å². The summed E-state index contributed by atoms with van der Waals surface area (Å²) in [4.78, 5) is 24.6. The highest BCUT2D eigenvalue weighted by Gasteiger charge is 2.16. The van der Waals surface area contributed by atoms with Gasteiger partial charge in [0, 0.05) is 6.54 Å². The quantitative estimate of drug-likeness (QED) is 0.606. The second-order valence-corrected chi connectivity index (χ2v) is 6.50. The molecule has 146 valence electrons. The molecule has 0 saturated heterocycles. The van der Waals surface area contributed by atoms with Gasteiger partial charge in [-0.1, -0.05) is 48.9 Å². The summed E-state index contributed by atoms with van der Waals surface area (Å²) in [6.07, 6.45) is 1.74. The topological polar surface area (TPSA) is 86.1 Å². The van der Waals surface area contributed by atoms with Gasteiger partial charge in [-0.25, -0.2) is 9.48 Å². The van der Waals surface area contributed by atoms with E-state index in [1.54, 1.807) is 22.9 Å². The predicted molar refractivity (Wildman–Crippen MR) is 106 cm³/mol. The lowest BCUT2D eigenvalue weighted by Crippen LogP contribution is -2.32. The Balaban J connectivity index is 1.59. The van der Waals surface area contributed by atoms with Crippen molar-refractivity contribution in [2.75, 3.05) is 6.61 Å². The molecular formula is C21H24N4O3. The second-order valence-electron chi connectivity index (χ2n) is 6.50. The van der Waals surface area contributed by atoms with E-state index >= 15 is 0 Å². The summed E-state index contributed by atoms with van der Waals surface area (Å²) in [5.41, 5.74) is 2.85. The van der Waals surface area contributed by atoms with Gasteiger partial charge >= 0.3 is 5.97 Å². The minimum atomic E-state index is -0.560. The molecule has 1 N–H and O–H groups in total. The molecular weight excluding hydrogens is 356 g/mol. The van der Waals surface area contributed by atoms with E-state index < -0.39 is 5.97 Å². The number of aryl methyl sites for hydroxylation is 1. The highest BCUT2D eigenvalue weighted by molar-refractivity contribution is 5.94. The lowest BCUT2D eigenvalue weighted by atomic mass is 10.0. The number of fused-ring (bicyclic) bond motifs is 1. The van der Waals surface area contributed by atoms with Crippen molar-refractivity contribution in [1.29, 1.82) is 0 Å². The summed E-state index contributed by atoms with van der Waals surface area (Å²) in [6, 6.07) is 14.7. The predicted octanol–water partition coefficient (Wildman–Crippen LogP) is 3.27. The van der Waals surface area contributed by atoms with Crippen LogP contribution in [-0.4, -0.2) is 33.5 Å². The zero-order chi connectivity index (χ0) is 19.9. The van der Waals surface area contributed by atoms with E-state index in [1.807, 2.05) is 37.3 Å². The van der Waals surface area contributed by atoms with Crippen molar-refractivity contribution in [3.05, 3.63) is 59.7 Å². The van der Waals surface area contributed by atoms with Crippen LogP contribution in [0.25, 0.3) is 11.0 Å². The van der Waals surface area contributed by atoms with Crippen LogP contribution in [0.3, 0.4) is 0 Å². The number of hydrogen-bond donors (Lipinski definition) is 1. The molecule has 3 rings (SSSR count). The molecule has 28 heavy (non-hydrogen) atoms. The molecule has 2 aromatic carbocycles. The first-order valence-corrected chi connectivity index (χ1v) is 9.47. The maximum Gasteiger partial charge on any atom is 0.338 e. The van der Waals surface area contributed by atoms with E-state index in [-0.39, 0.29) is 18.6 Å². The summed E-state index contributed by atoms with van der Waals surface area (Å²) in [5.74, 6) is -0.886. The maximum absolute atomic E-state index is 12.3. The number of carbonyl (C=O) groups excluding carboxylic acids is 2. The Morgan fingerprint density at radius 1 is 1.14 bits per heavy atom. The van der Waals surface area contributed by atoms with Crippen molar-refractivity contribution in [3.8, 4) is 0 Å². The Hall–Kier alpha value is -3.22. The normalized spacial score (nSPS) is 11.9. The summed E-state index contributed by atoms with van der Waals surface area (Å²) in [7, 11) is 0. The van der Waals surface area contributed by atoms with Crippen molar-refractivity contribution >= 4 is 22.9 Å². The zero-order valence-electron chi connectivity index (χ0n) is 16.1. The first-order chi connectivity index (χ1) is 13.6.